The predicted molar refractivity (Wildman–Crippen MR) is 111 cm³/mol. The van der Waals surface area contributed by atoms with E-state index in [1.165, 1.54) is 25.0 Å². The summed E-state index contributed by atoms with van der Waals surface area (Å²) in [6.07, 6.45) is 5.36. The first kappa shape index (κ1) is 21.2. The van der Waals surface area contributed by atoms with Crippen LogP contribution in [0, 0.1) is 11.7 Å². The zero-order valence-electron chi connectivity index (χ0n) is 17.5. The molecule has 3 fully saturated rings. The molecule has 164 valence electrons. The Bertz CT molecular complexity index is 732. The molecular weight excluding hydrogens is 385 g/mol. The van der Waals surface area contributed by atoms with Crippen molar-refractivity contribution in [2.24, 2.45) is 5.92 Å². The smallest absolute Gasteiger partial charge is 0.224 e. The van der Waals surface area contributed by atoms with Crippen LogP contribution >= 0.6 is 0 Å². The summed E-state index contributed by atoms with van der Waals surface area (Å²) in [6, 6.07) is 6.61. The second-order valence-electron chi connectivity index (χ2n) is 8.83. The number of rotatable bonds is 8. The van der Waals surface area contributed by atoms with E-state index in [0.29, 0.717) is 39.3 Å². The maximum absolute atomic E-state index is 13.0. The summed E-state index contributed by atoms with van der Waals surface area (Å²) in [6.45, 7) is 4.28. The Morgan fingerprint density at radius 1 is 1.03 bits per heavy atom. The van der Waals surface area contributed by atoms with Crippen LogP contribution in [0.1, 0.15) is 37.7 Å². The fourth-order valence-electron chi connectivity index (χ4n) is 4.58. The van der Waals surface area contributed by atoms with Crippen LogP contribution < -0.4 is 5.32 Å². The van der Waals surface area contributed by atoms with Gasteiger partial charge in [-0.1, -0.05) is 12.1 Å². The highest BCUT2D eigenvalue weighted by molar-refractivity contribution is 5.78. The molecule has 2 atom stereocenters. The zero-order valence-corrected chi connectivity index (χ0v) is 17.5. The Hall–Kier alpha value is -1.99. The number of ether oxygens (including phenoxy) is 1. The number of carbonyl (C=O) groups excluding carboxylic acids is 2. The Labute approximate surface area is 177 Å². The standard InChI is InChI=1S/C23H32FN3O3/c24-19-5-3-17(4-6-19)13-22(28)25-15-21-8-7-20(27(21)16-18-1-2-18)14-23(29)26-9-11-30-12-10-26/h3-6,18,20-21H,1-2,7-16H2,(H,25,28)/t20-,21+/m1/s1. The zero-order chi connectivity index (χ0) is 20.9. The number of hydrogen-bond acceptors (Lipinski definition) is 4. The van der Waals surface area contributed by atoms with Gasteiger partial charge in [-0.2, -0.15) is 0 Å². The van der Waals surface area contributed by atoms with Crippen LogP contribution in [0.25, 0.3) is 0 Å². The van der Waals surface area contributed by atoms with Gasteiger partial charge in [-0.15, -0.1) is 0 Å². The minimum absolute atomic E-state index is 0.0409. The second-order valence-corrected chi connectivity index (χ2v) is 8.83. The van der Waals surface area contributed by atoms with Crippen molar-refractivity contribution in [3.05, 3.63) is 35.6 Å². The van der Waals surface area contributed by atoms with E-state index in [0.717, 1.165) is 30.9 Å². The van der Waals surface area contributed by atoms with Crippen molar-refractivity contribution in [3.8, 4) is 0 Å². The van der Waals surface area contributed by atoms with Gasteiger partial charge in [0.1, 0.15) is 5.82 Å². The van der Waals surface area contributed by atoms with E-state index < -0.39 is 0 Å². The number of morpholine rings is 1. The number of hydrogen-bond donors (Lipinski definition) is 1. The van der Waals surface area contributed by atoms with Gasteiger partial charge in [0, 0.05) is 44.7 Å². The first-order chi connectivity index (χ1) is 14.6. The van der Waals surface area contributed by atoms with Gasteiger partial charge in [-0.05, 0) is 49.3 Å². The quantitative estimate of drug-likeness (QED) is 0.703. The molecule has 0 spiro atoms. The predicted octanol–water partition coefficient (Wildman–Crippen LogP) is 1.98. The molecule has 3 aliphatic rings. The average Bonchev–Trinajstić information content (AvgIpc) is 3.50. The summed E-state index contributed by atoms with van der Waals surface area (Å²) in [5.41, 5.74) is 0.809. The molecule has 2 saturated heterocycles. The van der Waals surface area contributed by atoms with Crippen LogP contribution in [0.3, 0.4) is 0 Å². The average molecular weight is 418 g/mol. The maximum atomic E-state index is 13.0. The summed E-state index contributed by atoms with van der Waals surface area (Å²) < 4.78 is 18.4. The topological polar surface area (TPSA) is 61.9 Å². The van der Waals surface area contributed by atoms with E-state index in [4.69, 9.17) is 4.74 Å². The summed E-state index contributed by atoms with van der Waals surface area (Å²) >= 11 is 0. The largest absolute Gasteiger partial charge is 0.378 e. The highest BCUT2D eigenvalue weighted by Gasteiger charge is 2.38. The van der Waals surface area contributed by atoms with Gasteiger partial charge < -0.3 is 15.0 Å². The first-order valence-corrected chi connectivity index (χ1v) is 11.2. The molecule has 0 radical (unpaired) electrons. The van der Waals surface area contributed by atoms with E-state index in [2.05, 4.69) is 10.2 Å². The van der Waals surface area contributed by atoms with Crippen molar-refractivity contribution in [2.75, 3.05) is 39.4 Å². The molecule has 1 N–H and O–H groups in total. The summed E-state index contributed by atoms with van der Waals surface area (Å²) in [4.78, 5) is 29.5. The Balaban J connectivity index is 1.29. The Morgan fingerprint density at radius 3 is 2.43 bits per heavy atom. The second kappa shape index (κ2) is 9.88. The van der Waals surface area contributed by atoms with Gasteiger partial charge in [0.05, 0.1) is 19.6 Å². The highest BCUT2D eigenvalue weighted by Crippen LogP contribution is 2.35. The lowest BCUT2D eigenvalue weighted by molar-refractivity contribution is -0.136. The lowest BCUT2D eigenvalue weighted by Crippen LogP contribution is -2.47. The first-order valence-electron chi connectivity index (χ1n) is 11.2. The third kappa shape index (κ3) is 5.79. The van der Waals surface area contributed by atoms with Crippen LogP contribution in [0.4, 0.5) is 4.39 Å². The number of halogens is 1. The molecule has 1 aromatic rings. The van der Waals surface area contributed by atoms with Crippen molar-refractivity contribution in [3.63, 3.8) is 0 Å². The molecular formula is C23H32FN3O3. The van der Waals surface area contributed by atoms with Crippen molar-refractivity contribution < 1.29 is 18.7 Å². The van der Waals surface area contributed by atoms with Crippen molar-refractivity contribution in [1.29, 1.82) is 0 Å². The molecule has 1 aliphatic carbocycles. The third-order valence-corrected chi connectivity index (χ3v) is 6.52. The van der Waals surface area contributed by atoms with Gasteiger partial charge in [-0.25, -0.2) is 4.39 Å². The van der Waals surface area contributed by atoms with Crippen LogP contribution in [0.2, 0.25) is 0 Å². The number of benzene rings is 1. The van der Waals surface area contributed by atoms with Crippen molar-refractivity contribution in [1.82, 2.24) is 15.1 Å². The Morgan fingerprint density at radius 2 is 1.73 bits per heavy atom. The van der Waals surface area contributed by atoms with E-state index in [9.17, 15) is 14.0 Å². The Kier molecular flexibility index (Phi) is 7.00. The summed E-state index contributed by atoms with van der Waals surface area (Å²) in [7, 11) is 0. The lowest BCUT2D eigenvalue weighted by atomic mass is 10.1. The fourth-order valence-corrected chi connectivity index (χ4v) is 4.58. The van der Waals surface area contributed by atoms with E-state index >= 15 is 0 Å². The summed E-state index contributed by atoms with van der Waals surface area (Å²) in [5, 5.41) is 3.06. The molecule has 0 aromatic heterocycles. The maximum Gasteiger partial charge on any atom is 0.224 e. The third-order valence-electron chi connectivity index (χ3n) is 6.52. The number of amides is 2. The van der Waals surface area contributed by atoms with Crippen LogP contribution in [-0.4, -0.2) is 73.1 Å². The van der Waals surface area contributed by atoms with Gasteiger partial charge in [0.15, 0.2) is 0 Å². The van der Waals surface area contributed by atoms with E-state index in [1.54, 1.807) is 12.1 Å². The van der Waals surface area contributed by atoms with E-state index in [-0.39, 0.29) is 36.1 Å². The molecule has 2 amide bonds. The number of nitrogens with one attached hydrogen (secondary N) is 1. The van der Waals surface area contributed by atoms with Gasteiger partial charge in [-0.3, -0.25) is 14.5 Å². The molecule has 0 unspecified atom stereocenters. The number of nitrogens with zero attached hydrogens (tertiary/aromatic N) is 2. The molecule has 4 rings (SSSR count). The SMILES string of the molecule is O=C(Cc1ccc(F)cc1)NC[C@@H]1CC[C@H](CC(=O)N2CCOCC2)N1CC1CC1. The van der Waals surface area contributed by atoms with Gasteiger partial charge in [0.25, 0.3) is 0 Å². The normalized spacial score (nSPS) is 24.8. The molecule has 7 heteroatoms. The molecule has 2 aliphatic heterocycles. The van der Waals surface area contributed by atoms with Crippen molar-refractivity contribution in [2.45, 2.75) is 50.6 Å². The molecule has 0 bridgehead atoms. The van der Waals surface area contributed by atoms with E-state index in [1.807, 2.05) is 4.90 Å². The van der Waals surface area contributed by atoms with Crippen LogP contribution in [0.5, 0.6) is 0 Å². The van der Waals surface area contributed by atoms with Gasteiger partial charge >= 0.3 is 0 Å². The minimum atomic E-state index is -0.293. The summed E-state index contributed by atoms with van der Waals surface area (Å²) in [5.74, 6) is 0.630. The molecule has 2 heterocycles. The molecule has 6 nitrogen and oxygen atoms in total. The molecule has 1 saturated carbocycles. The molecule has 30 heavy (non-hydrogen) atoms. The van der Waals surface area contributed by atoms with Crippen LogP contribution in [-0.2, 0) is 20.7 Å². The number of likely N-dealkylation sites (tertiary alicyclic amines) is 1. The fraction of sp³-hybridized carbons (Fsp3) is 0.652. The van der Waals surface area contributed by atoms with Gasteiger partial charge in [0.2, 0.25) is 11.8 Å². The molecule has 1 aromatic carbocycles. The van der Waals surface area contributed by atoms with Crippen molar-refractivity contribution >= 4 is 11.8 Å². The lowest BCUT2D eigenvalue weighted by Gasteiger charge is -2.33. The minimum Gasteiger partial charge on any atom is -0.378 e. The monoisotopic (exact) mass is 417 g/mol. The number of carbonyl (C=O) groups is 2. The highest BCUT2D eigenvalue weighted by atomic mass is 19.1. The van der Waals surface area contributed by atoms with Crippen LogP contribution in [0.15, 0.2) is 24.3 Å².